The van der Waals surface area contributed by atoms with Crippen LogP contribution in [0.3, 0.4) is 0 Å². The number of nitrogens with zero attached hydrogens (tertiary/aromatic N) is 1. The Kier molecular flexibility index (Phi) is 3.53. The molecular formula is C15H9FNO3S-. The number of aromatic nitrogens is 1. The molecule has 1 aromatic carbocycles. The molecule has 2 heterocycles. The Morgan fingerprint density at radius 3 is 2.67 bits per heavy atom. The minimum atomic E-state index is -1.23. The highest BCUT2D eigenvalue weighted by atomic mass is 32.1. The van der Waals surface area contributed by atoms with Crippen molar-refractivity contribution in [3.05, 3.63) is 53.3 Å². The van der Waals surface area contributed by atoms with Crippen LogP contribution < -0.4 is 5.11 Å². The minimum absolute atomic E-state index is 0.259. The van der Waals surface area contributed by atoms with E-state index in [9.17, 15) is 14.3 Å². The molecule has 0 spiro atoms. The Balaban J connectivity index is 2.07. The van der Waals surface area contributed by atoms with Gasteiger partial charge in [-0.05, 0) is 35.7 Å². The van der Waals surface area contributed by atoms with Gasteiger partial charge in [-0.3, -0.25) is 0 Å². The van der Waals surface area contributed by atoms with E-state index in [1.807, 2.05) is 17.5 Å². The van der Waals surface area contributed by atoms with Crippen molar-refractivity contribution in [2.75, 3.05) is 0 Å². The highest BCUT2D eigenvalue weighted by Crippen LogP contribution is 2.32. The van der Waals surface area contributed by atoms with E-state index in [4.69, 9.17) is 4.42 Å². The molecule has 0 aliphatic carbocycles. The van der Waals surface area contributed by atoms with Crippen LogP contribution in [0.25, 0.3) is 22.1 Å². The van der Waals surface area contributed by atoms with Crippen LogP contribution >= 0.6 is 11.3 Å². The number of oxazole rings is 1. The maximum Gasteiger partial charge on any atom is 0.227 e. The molecule has 2 aromatic heterocycles. The Bertz CT molecular complexity index is 763. The van der Waals surface area contributed by atoms with Crippen LogP contribution in [0.5, 0.6) is 0 Å². The second kappa shape index (κ2) is 5.49. The van der Waals surface area contributed by atoms with Gasteiger partial charge in [-0.25, -0.2) is 9.37 Å². The minimum Gasteiger partial charge on any atom is -0.550 e. The summed E-state index contributed by atoms with van der Waals surface area (Å²) in [5.41, 5.74) is 0.885. The molecule has 0 fully saturated rings. The highest BCUT2D eigenvalue weighted by molar-refractivity contribution is 7.13. The largest absolute Gasteiger partial charge is 0.550 e. The summed E-state index contributed by atoms with van der Waals surface area (Å²) in [6, 6.07) is 9.30. The average molecular weight is 302 g/mol. The first-order valence-corrected chi connectivity index (χ1v) is 7.01. The third kappa shape index (κ3) is 2.85. The quantitative estimate of drug-likeness (QED) is 0.742. The predicted octanol–water partition coefficient (Wildman–Crippen LogP) is 2.50. The molecule has 0 N–H and O–H groups in total. The van der Waals surface area contributed by atoms with Crippen LogP contribution in [0.4, 0.5) is 4.39 Å². The van der Waals surface area contributed by atoms with Crippen molar-refractivity contribution in [3.63, 3.8) is 0 Å². The molecule has 0 saturated heterocycles. The zero-order valence-electron chi connectivity index (χ0n) is 10.7. The Morgan fingerprint density at radius 2 is 2.05 bits per heavy atom. The number of thiophene rings is 1. The molecule has 0 bridgehead atoms. The summed E-state index contributed by atoms with van der Waals surface area (Å²) in [5.74, 6) is -0.923. The van der Waals surface area contributed by atoms with Crippen LogP contribution in [-0.4, -0.2) is 11.0 Å². The lowest BCUT2D eigenvalue weighted by Gasteiger charge is -1.99. The summed E-state index contributed by atoms with van der Waals surface area (Å²) >= 11 is 1.42. The molecular weight excluding hydrogens is 293 g/mol. The number of carboxylic acid groups (broad SMARTS) is 1. The van der Waals surface area contributed by atoms with Crippen molar-refractivity contribution in [3.8, 4) is 22.1 Å². The van der Waals surface area contributed by atoms with Crippen molar-refractivity contribution in [1.82, 2.24) is 4.98 Å². The molecule has 3 rings (SSSR count). The van der Waals surface area contributed by atoms with Gasteiger partial charge >= 0.3 is 0 Å². The number of halogens is 1. The summed E-state index contributed by atoms with van der Waals surface area (Å²) in [6.07, 6.45) is -0.335. The van der Waals surface area contributed by atoms with Gasteiger partial charge in [0, 0.05) is 18.0 Å². The predicted molar refractivity (Wildman–Crippen MR) is 73.9 cm³/mol. The molecule has 6 heteroatoms. The van der Waals surface area contributed by atoms with Gasteiger partial charge in [-0.15, -0.1) is 11.3 Å². The van der Waals surface area contributed by atoms with Gasteiger partial charge < -0.3 is 14.3 Å². The van der Waals surface area contributed by atoms with Crippen molar-refractivity contribution >= 4 is 17.3 Å². The summed E-state index contributed by atoms with van der Waals surface area (Å²) < 4.78 is 18.6. The maximum atomic E-state index is 12.9. The monoisotopic (exact) mass is 302 g/mol. The van der Waals surface area contributed by atoms with Gasteiger partial charge in [0.15, 0.2) is 5.76 Å². The fourth-order valence-corrected chi connectivity index (χ4v) is 2.65. The summed E-state index contributed by atoms with van der Waals surface area (Å²) in [7, 11) is 0. The topological polar surface area (TPSA) is 66.2 Å². The van der Waals surface area contributed by atoms with E-state index in [0.29, 0.717) is 17.0 Å². The fraction of sp³-hybridized carbons (Fsp3) is 0.0667. The van der Waals surface area contributed by atoms with E-state index in [2.05, 4.69) is 4.98 Å². The molecule has 0 radical (unpaired) electrons. The van der Waals surface area contributed by atoms with E-state index in [-0.39, 0.29) is 18.1 Å². The normalized spacial score (nSPS) is 10.7. The molecule has 106 valence electrons. The van der Waals surface area contributed by atoms with Crippen molar-refractivity contribution in [2.24, 2.45) is 0 Å². The van der Waals surface area contributed by atoms with Crippen LogP contribution in [0, 0.1) is 5.82 Å². The number of aliphatic carboxylic acids is 1. The molecule has 0 aliphatic rings. The number of hydrogen-bond acceptors (Lipinski definition) is 5. The number of carbonyl (C=O) groups excluding carboxylic acids is 1. The lowest BCUT2D eigenvalue weighted by Crippen LogP contribution is -2.24. The third-order valence-electron chi connectivity index (χ3n) is 2.85. The molecule has 0 unspecified atom stereocenters. The van der Waals surface area contributed by atoms with Crippen LogP contribution in [0.2, 0.25) is 0 Å². The zero-order valence-corrected chi connectivity index (χ0v) is 11.5. The van der Waals surface area contributed by atoms with Gasteiger partial charge in [0.05, 0.1) is 10.6 Å². The van der Waals surface area contributed by atoms with Crippen LogP contribution in [-0.2, 0) is 11.2 Å². The third-order valence-corrected chi connectivity index (χ3v) is 3.71. The summed E-state index contributed by atoms with van der Waals surface area (Å²) in [6.45, 7) is 0. The number of benzene rings is 1. The zero-order chi connectivity index (χ0) is 14.8. The standard InChI is InChI=1S/C15H10FNO3S/c16-10-5-3-9(4-6-10)15-17-11(8-13(18)19)14(20-15)12-2-1-7-21-12/h1-7H,8H2,(H,18,19)/p-1. The van der Waals surface area contributed by atoms with Crippen molar-refractivity contribution in [2.45, 2.75) is 6.42 Å². The summed E-state index contributed by atoms with van der Waals surface area (Å²) in [4.78, 5) is 15.8. The highest BCUT2D eigenvalue weighted by Gasteiger charge is 2.17. The number of carboxylic acids is 1. The van der Waals surface area contributed by atoms with E-state index in [1.54, 1.807) is 0 Å². The lowest BCUT2D eigenvalue weighted by atomic mass is 10.2. The average Bonchev–Trinajstić information content (AvgIpc) is 3.08. The van der Waals surface area contributed by atoms with Crippen LogP contribution in [0.1, 0.15) is 5.69 Å². The summed E-state index contributed by atoms with van der Waals surface area (Å²) in [5, 5.41) is 12.7. The number of carbonyl (C=O) groups is 1. The smallest absolute Gasteiger partial charge is 0.227 e. The van der Waals surface area contributed by atoms with E-state index in [0.717, 1.165) is 4.88 Å². The molecule has 0 saturated carbocycles. The lowest BCUT2D eigenvalue weighted by molar-refractivity contribution is -0.304. The van der Waals surface area contributed by atoms with Crippen molar-refractivity contribution in [1.29, 1.82) is 0 Å². The van der Waals surface area contributed by atoms with Gasteiger partial charge in [-0.1, -0.05) is 6.07 Å². The molecule has 3 aromatic rings. The first kappa shape index (κ1) is 13.5. The Labute approximate surface area is 123 Å². The second-order valence-corrected chi connectivity index (χ2v) is 5.28. The van der Waals surface area contributed by atoms with E-state index in [1.165, 1.54) is 35.6 Å². The maximum absolute atomic E-state index is 12.9. The number of hydrogen-bond donors (Lipinski definition) is 0. The molecule has 4 nitrogen and oxygen atoms in total. The molecule has 0 aliphatic heterocycles. The fourth-order valence-electron chi connectivity index (χ4n) is 1.92. The Hall–Kier alpha value is -2.47. The van der Waals surface area contributed by atoms with Gasteiger partial charge in [-0.2, -0.15) is 0 Å². The SMILES string of the molecule is O=C([O-])Cc1nc(-c2ccc(F)cc2)oc1-c1cccs1. The van der Waals surface area contributed by atoms with Gasteiger partial charge in [0.2, 0.25) is 5.89 Å². The van der Waals surface area contributed by atoms with E-state index >= 15 is 0 Å². The van der Waals surface area contributed by atoms with Gasteiger partial charge in [0.25, 0.3) is 0 Å². The molecule has 0 amide bonds. The second-order valence-electron chi connectivity index (χ2n) is 4.33. The first-order chi connectivity index (χ1) is 10.1. The first-order valence-electron chi connectivity index (χ1n) is 6.13. The Morgan fingerprint density at radius 1 is 1.29 bits per heavy atom. The van der Waals surface area contributed by atoms with E-state index < -0.39 is 5.97 Å². The van der Waals surface area contributed by atoms with Gasteiger partial charge in [0.1, 0.15) is 5.82 Å². The van der Waals surface area contributed by atoms with Crippen LogP contribution in [0.15, 0.2) is 46.2 Å². The molecule has 21 heavy (non-hydrogen) atoms. The number of rotatable bonds is 4. The van der Waals surface area contributed by atoms with Crippen molar-refractivity contribution < 1.29 is 18.7 Å². The molecule has 0 atom stereocenters.